The third-order valence-corrected chi connectivity index (χ3v) is 3.12. The van der Waals surface area contributed by atoms with Gasteiger partial charge < -0.3 is 9.47 Å². The zero-order valence-corrected chi connectivity index (χ0v) is 12.8. The number of hydrogen-bond acceptors (Lipinski definition) is 5. The summed E-state index contributed by atoms with van der Waals surface area (Å²) in [6, 6.07) is -0.524. The summed E-state index contributed by atoms with van der Waals surface area (Å²) in [6.07, 6.45) is 0.910. The number of amides is 4. The number of hydrogen-bond donors (Lipinski definition) is 0. The Morgan fingerprint density at radius 2 is 1.29 bits per heavy atom. The summed E-state index contributed by atoms with van der Waals surface area (Å²) in [6.45, 7) is 6.53. The number of ether oxygens (including phenoxy) is 2. The van der Waals surface area contributed by atoms with E-state index in [2.05, 4.69) is 0 Å². The van der Waals surface area contributed by atoms with Crippen LogP contribution in [-0.4, -0.2) is 67.2 Å². The first-order valence-corrected chi connectivity index (χ1v) is 7.42. The lowest BCUT2D eigenvalue weighted by molar-refractivity contribution is -0.142. The predicted molar refractivity (Wildman–Crippen MR) is 75.7 cm³/mol. The van der Waals surface area contributed by atoms with Crippen molar-refractivity contribution in [3.05, 3.63) is 0 Å². The van der Waals surface area contributed by atoms with Gasteiger partial charge in [-0.05, 0) is 26.7 Å². The molecule has 1 saturated heterocycles. The smallest absolute Gasteiger partial charge is 0.333 e. The highest BCUT2D eigenvalue weighted by Crippen LogP contribution is 2.13. The molecule has 1 aliphatic rings. The summed E-state index contributed by atoms with van der Waals surface area (Å²) in [5, 5.41) is 0. The van der Waals surface area contributed by atoms with Crippen LogP contribution in [0.4, 0.5) is 4.79 Å². The Hall–Kier alpha value is -1.47. The van der Waals surface area contributed by atoms with Crippen LogP contribution in [0.2, 0.25) is 0 Å². The van der Waals surface area contributed by atoms with E-state index in [-0.39, 0.29) is 19.5 Å². The van der Waals surface area contributed by atoms with Gasteiger partial charge in [0.15, 0.2) is 0 Å². The predicted octanol–water partition coefficient (Wildman–Crippen LogP) is 1.02. The average molecular weight is 300 g/mol. The van der Waals surface area contributed by atoms with Crippen LogP contribution in [0.5, 0.6) is 0 Å². The fraction of sp³-hybridized carbons (Fsp3) is 0.786. The van der Waals surface area contributed by atoms with E-state index in [1.165, 1.54) is 0 Å². The van der Waals surface area contributed by atoms with Crippen molar-refractivity contribution in [1.82, 2.24) is 9.80 Å². The third-order valence-electron chi connectivity index (χ3n) is 3.12. The molecule has 0 unspecified atom stereocenters. The summed E-state index contributed by atoms with van der Waals surface area (Å²) in [7, 11) is 0. The Balaban J connectivity index is 2.49. The lowest BCUT2D eigenvalue weighted by atomic mass is 10.2. The number of carbonyl (C=O) groups excluding carboxylic acids is 3. The Labute approximate surface area is 125 Å². The second-order valence-electron chi connectivity index (χ2n) is 4.65. The maximum atomic E-state index is 12.2. The molecule has 0 aromatic rings. The molecule has 0 aromatic carbocycles. The van der Waals surface area contributed by atoms with E-state index in [1.54, 1.807) is 0 Å². The molecule has 1 aliphatic heterocycles. The molecule has 0 bridgehead atoms. The van der Waals surface area contributed by atoms with Crippen LogP contribution in [0, 0.1) is 0 Å². The van der Waals surface area contributed by atoms with E-state index in [0.29, 0.717) is 39.3 Å². The van der Waals surface area contributed by atoms with E-state index in [9.17, 15) is 14.4 Å². The molecule has 1 fully saturated rings. The highest BCUT2D eigenvalue weighted by molar-refractivity contribution is 6.14. The largest absolute Gasteiger partial charge is 0.382 e. The van der Waals surface area contributed by atoms with Gasteiger partial charge >= 0.3 is 6.03 Å². The highest BCUT2D eigenvalue weighted by atomic mass is 16.5. The molecular formula is C14H24N2O5. The van der Waals surface area contributed by atoms with Crippen LogP contribution in [0.25, 0.3) is 0 Å². The summed E-state index contributed by atoms with van der Waals surface area (Å²) < 4.78 is 10.4. The van der Waals surface area contributed by atoms with E-state index < -0.39 is 17.8 Å². The van der Waals surface area contributed by atoms with Crippen molar-refractivity contribution in [2.24, 2.45) is 0 Å². The number of nitrogens with zero attached hydrogens (tertiary/aromatic N) is 2. The first kappa shape index (κ1) is 17.6. The summed E-state index contributed by atoms with van der Waals surface area (Å²) in [5.41, 5.74) is 0. The third kappa shape index (κ3) is 5.43. The molecule has 21 heavy (non-hydrogen) atoms. The van der Waals surface area contributed by atoms with E-state index >= 15 is 0 Å². The van der Waals surface area contributed by atoms with Gasteiger partial charge in [0.2, 0.25) is 11.8 Å². The Kier molecular flexibility index (Phi) is 7.92. The van der Waals surface area contributed by atoms with Gasteiger partial charge in [-0.15, -0.1) is 0 Å². The Bertz CT molecular complexity index is 340. The van der Waals surface area contributed by atoms with Gasteiger partial charge in [-0.2, -0.15) is 0 Å². The molecule has 0 aliphatic carbocycles. The summed E-state index contributed by atoms with van der Waals surface area (Å²) in [5.74, 6) is -0.856. The van der Waals surface area contributed by atoms with Crippen LogP contribution in [-0.2, 0) is 19.1 Å². The summed E-state index contributed by atoms with van der Waals surface area (Å²) >= 11 is 0. The van der Waals surface area contributed by atoms with Gasteiger partial charge in [0.05, 0.1) is 0 Å². The van der Waals surface area contributed by atoms with Gasteiger partial charge in [0.1, 0.15) is 6.42 Å². The Morgan fingerprint density at radius 3 is 1.67 bits per heavy atom. The fourth-order valence-electron chi connectivity index (χ4n) is 2.06. The monoisotopic (exact) mass is 300 g/mol. The van der Waals surface area contributed by atoms with Crippen LogP contribution < -0.4 is 0 Å². The minimum Gasteiger partial charge on any atom is -0.382 e. The van der Waals surface area contributed by atoms with E-state index in [1.807, 2.05) is 13.8 Å². The topological polar surface area (TPSA) is 76.2 Å². The summed E-state index contributed by atoms with van der Waals surface area (Å²) in [4.78, 5) is 38.1. The lowest BCUT2D eigenvalue weighted by Gasteiger charge is -2.32. The molecule has 120 valence electrons. The number of rotatable bonds is 10. The molecular weight excluding hydrogens is 276 g/mol. The molecule has 0 atom stereocenters. The molecule has 0 N–H and O–H groups in total. The number of barbiturate groups is 1. The zero-order chi connectivity index (χ0) is 15.7. The van der Waals surface area contributed by atoms with Crippen LogP contribution >= 0.6 is 0 Å². The molecule has 7 heteroatoms. The fourth-order valence-corrected chi connectivity index (χ4v) is 2.06. The van der Waals surface area contributed by atoms with Crippen LogP contribution in [0.15, 0.2) is 0 Å². The van der Waals surface area contributed by atoms with Crippen molar-refractivity contribution in [2.75, 3.05) is 39.5 Å². The van der Waals surface area contributed by atoms with Crippen molar-refractivity contribution in [1.29, 1.82) is 0 Å². The van der Waals surface area contributed by atoms with E-state index in [4.69, 9.17) is 9.47 Å². The maximum Gasteiger partial charge on any atom is 0.333 e. The molecule has 0 radical (unpaired) electrons. The van der Waals surface area contributed by atoms with Gasteiger partial charge in [0.25, 0.3) is 0 Å². The van der Waals surface area contributed by atoms with Gasteiger partial charge in [-0.1, -0.05) is 0 Å². The molecule has 0 aromatic heterocycles. The second-order valence-corrected chi connectivity index (χ2v) is 4.65. The number of imide groups is 2. The van der Waals surface area contributed by atoms with Crippen molar-refractivity contribution in [3.8, 4) is 0 Å². The first-order valence-electron chi connectivity index (χ1n) is 7.42. The standard InChI is InChI=1S/C14H24N2O5/c1-3-20-9-5-7-15-12(17)11-13(18)16(14(15)19)8-6-10-21-4-2/h3-11H2,1-2H3. The Morgan fingerprint density at radius 1 is 0.857 bits per heavy atom. The van der Waals surface area contributed by atoms with Crippen molar-refractivity contribution in [2.45, 2.75) is 33.1 Å². The lowest BCUT2D eigenvalue weighted by Crippen LogP contribution is -2.55. The normalized spacial score (nSPS) is 16.0. The molecule has 7 nitrogen and oxygen atoms in total. The number of urea groups is 1. The molecule has 1 rings (SSSR count). The van der Waals surface area contributed by atoms with Crippen molar-refractivity contribution < 1.29 is 23.9 Å². The van der Waals surface area contributed by atoms with Crippen LogP contribution in [0.3, 0.4) is 0 Å². The average Bonchev–Trinajstić information content (AvgIpc) is 2.45. The van der Waals surface area contributed by atoms with E-state index in [0.717, 1.165) is 9.80 Å². The molecule has 4 amide bonds. The number of carbonyl (C=O) groups is 3. The molecule has 0 saturated carbocycles. The van der Waals surface area contributed by atoms with Crippen molar-refractivity contribution >= 4 is 17.8 Å². The van der Waals surface area contributed by atoms with Gasteiger partial charge in [-0.3, -0.25) is 19.4 Å². The van der Waals surface area contributed by atoms with Crippen molar-refractivity contribution in [3.63, 3.8) is 0 Å². The zero-order valence-electron chi connectivity index (χ0n) is 12.8. The minimum absolute atomic E-state index is 0.241. The highest BCUT2D eigenvalue weighted by Gasteiger charge is 2.36. The molecule has 1 heterocycles. The quantitative estimate of drug-likeness (QED) is 0.445. The van der Waals surface area contributed by atoms with Gasteiger partial charge in [-0.25, -0.2) is 4.79 Å². The van der Waals surface area contributed by atoms with Crippen LogP contribution in [0.1, 0.15) is 33.1 Å². The SMILES string of the molecule is CCOCCCN1C(=O)CC(=O)N(CCCOCC)C1=O. The minimum atomic E-state index is -0.524. The maximum absolute atomic E-state index is 12.2. The first-order chi connectivity index (χ1) is 10.1. The van der Waals surface area contributed by atoms with Gasteiger partial charge in [0, 0.05) is 39.5 Å². The second kappa shape index (κ2) is 9.46. The molecule has 0 spiro atoms.